The number of benzene rings is 3. The number of pyridine rings is 1. The van der Waals surface area contributed by atoms with E-state index in [0.29, 0.717) is 0 Å². The summed E-state index contributed by atoms with van der Waals surface area (Å²) in [6.45, 7) is 13.0. The van der Waals surface area contributed by atoms with E-state index in [1.165, 1.54) is 47.3 Å². The van der Waals surface area contributed by atoms with E-state index in [-0.39, 0.29) is 0 Å². The van der Waals surface area contributed by atoms with E-state index in [4.69, 9.17) is 15.0 Å². The number of fused-ring (bicyclic) bond motifs is 3. The Labute approximate surface area is 242 Å². The van der Waals surface area contributed by atoms with Gasteiger partial charge >= 0.3 is 0 Å². The fourth-order valence-corrected chi connectivity index (χ4v) is 8.02. The van der Waals surface area contributed by atoms with Gasteiger partial charge in [0.1, 0.15) is 11.2 Å². The van der Waals surface area contributed by atoms with Crippen LogP contribution in [-0.2, 0) is 0 Å². The summed E-state index contributed by atoms with van der Waals surface area (Å²) in [5, 5.41) is 2.68. The third kappa shape index (κ3) is 3.95. The first-order valence-corrected chi connectivity index (χ1v) is 15.2. The van der Waals surface area contributed by atoms with Crippen LogP contribution in [0.4, 0.5) is 0 Å². The zero-order valence-corrected chi connectivity index (χ0v) is 25.1. The molecule has 0 fully saturated rings. The maximum absolute atomic E-state index is 5.39. The summed E-state index contributed by atoms with van der Waals surface area (Å²) in [6.07, 6.45) is 1.95. The van der Waals surface area contributed by atoms with Gasteiger partial charge in [0, 0.05) is 31.6 Å². The van der Waals surface area contributed by atoms with Crippen molar-refractivity contribution in [3.05, 3.63) is 99.6 Å². The first-order chi connectivity index (χ1) is 19.3. The number of hydrogen-bond acceptors (Lipinski definition) is 5. The fourth-order valence-electron chi connectivity index (χ4n) is 5.71. The molecule has 0 aliphatic carbocycles. The number of hydrogen-bond donors (Lipinski definition) is 0. The molecule has 3 aromatic carbocycles. The Balaban J connectivity index is 1.53. The van der Waals surface area contributed by atoms with Gasteiger partial charge in [-0.15, -0.1) is 22.7 Å². The number of aryl methyl sites for hydroxylation is 6. The number of rotatable bonds is 3. The van der Waals surface area contributed by atoms with Crippen molar-refractivity contribution in [2.75, 3.05) is 0 Å². The van der Waals surface area contributed by atoms with E-state index in [2.05, 4.69) is 102 Å². The van der Waals surface area contributed by atoms with Crippen molar-refractivity contribution in [3.63, 3.8) is 0 Å². The molecule has 4 aromatic heterocycles. The van der Waals surface area contributed by atoms with Crippen LogP contribution in [-0.4, -0.2) is 15.0 Å². The summed E-state index contributed by atoms with van der Waals surface area (Å²) in [7, 11) is 0. The summed E-state index contributed by atoms with van der Waals surface area (Å²) in [6, 6.07) is 21.7. The average Bonchev–Trinajstić information content (AvgIpc) is 3.56. The lowest BCUT2D eigenvalue weighted by molar-refractivity contribution is 1.22. The predicted octanol–water partition coefficient (Wildman–Crippen LogP) is 10.3. The van der Waals surface area contributed by atoms with E-state index >= 15 is 0 Å². The van der Waals surface area contributed by atoms with Gasteiger partial charge in [-0.25, -0.2) is 9.97 Å². The SMILES string of the molecule is Cc1cccc(-c2nc3c(C)cnc(-c4cc5c(C)c6sc(C)cc6c(C)c5s4)c3nc2-c2cccc(C)c2)c1. The molecule has 0 aliphatic heterocycles. The van der Waals surface area contributed by atoms with E-state index in [1.54, 1.807) is 0 Å². The molecule has 0 N–H and O–H groups in total. The maximum Gasteiger partial charge on any atom is 0.117 e. The Kier molecular flexibility index (Phi) is 5.84. The largest absolute Gasteiger partial charge is 0.253 e. The lowest BCUT2D eigenvalue weighted by Gasteiger charge is -2.14. The number of nitrogens with zero attached hydrogens (tertiary/aromatic N) is 3. The van der Waals surface area contributed by atoms with Crippen LogP contribution in [0.1, 0.15) is 32.7 Å². The molecule has 4 heterocycles. The minimum absolute atomic E-state index is 0.854. The van der Waals surface area contributed by atoms with E-state index in [9.17, 15) is 0 Å². The second kappa shape index (κ2) is 9.33. The average molecular weight is 556 g/mol. The second-order valence-electron chi connectivity index (χ2n) is 10.9. The van der Waals surface area contributed by atoms with Crippen LogP contribution in [0, 0.1) is 41.5 Å². The molecule has 7 aromatic rings. The Bertz CT molecular complexity index is 2070. The molecule has 7 rings (SSSR count). The monoisotopic (exact) mass is 555 g/mol. The predicted molar refractivity (Wildman–Crippen MR) is 173 cm³/mol. The summed E-state index contributed by atoms with van der Waals surface area (Å²) >= 11 is 3.70. The van der Waals surface area contributed by atoms with E-state index in [0.717, 1.165) is 49.7 Å². The smallest absolute Gasteiger partial charge is 0.117 e. The van der Waals surface area contributed by atoms with Gasteiger partial charge in [-0.05, 0) is 93.3 Å². The number of aromatic nitrogens is 3. The van der Waals surface area contributed by atoms with Crippen LogP contribution in [0.5, 0.6) is 0 Å². The van der Waals surface area contributed by atoms with Gasteiger partial charge in [0.2, 0.25) is 0 Å². The Morgan fingerprint density at radius 3 is 1.77 bits per heavy atom. The molecule has 0 atom stereocenters. The zero-order chi connectivity index (χ0) is 27.7. The van der Waals surface area contributed by atoms with Gasteiger partial charge in [-0.3, -0.25) is 4.98 Å². The molecule has 40 heavy (non-hydrogen) atoms. The highest BCUT2D eigenvalue weighted by Gasteiger charge is 2.21. The molecule has 0 bridgehead atoms. The molecule has 3 nitrogen and oxygen atoms in total. The quantitative estimate of drug-likeness (QED) is 0.218. The van der Waals surface area contributed by atoms with Gasteiger partial charge in [0.15, 0.2) is 0 Å². The summed E-state index contributed by atoms with van der Waals surface area (Å²) in [5.74, 6) is 0. The van der Waals surface area contributed by atoms with Crippen molar-refractivity contribution >= 4 is 53.9 Å². The lowest BCUT2D eigenvalue weighted by Crippen LogP contribution is -2.00. The van der Waals surface area contributed by atoms with Crippen molar-refractivity contribution in [3.8, 4) is 33.1 Å². The molecule has 0 unspecified atom stereocenters. The fraction of sp³-hybridized carbons (Fsp3) is 0.171. The Hall–Kier alpha value is -3.93. The molecule has 0 saturated carbocycles. The molecule has 5 heteroatoms. The minimum atomic E-state index is 0.854. The second-order valence-corrected chi connectivity index (χ2v) is 13.2. The van der Waals surface area contributed by atoms with E-state index in [1.807, 2.05) is 28.9 Å². The molecule has 0 spiro atoms. The van der Waals surface area contributed by atoms with Gasteiger partial charge < -0.3 is 0 Å². The topological polar surface area (TPSA) is 38.7 Å². The van der Waals surface area contributed by atoms with Gasteiger partial charge in [0.25, 0.3) is 0 Å². The molecule has 0 saturated heterocycles. The summed E-state index contributed by atoms with van der Waals surface area (Å²) in [4.78, 5) is 18.2. The van der Waals surface area contributed by atoms with Gasteiger partial charge in [-0.2, -0.15) is 0 Å². The maximum atomic E-state index is 5.39. The third-order valence-electron chi connectivity index (χ3n) is 7.77. The Morgan fingerprint density at radius 2 is 1.15 bits per heavy atom. The standard InChI is InChI=1S/C35H29N3S2/c1-18-9-7-11-24(13-18)30-31(25-12-8-10-19(2)14-25)38-33-29(37-30)20(3)17-36-32(33)28-16-27-23(6)34-26(15-21(4)39-34)22(5)35(27)40-28/h7-17H,1-6H3. The van der Waals surface area contributed by atoms with Crippen LogP contribution in [0.15, 0.2) is 66.9 Å². The first-order valence-electron chi connectivity index (χ1n) is 13.5. The highest BCUT2D eigenvalue weighted by Crippen LogP contribution is 2.44. The van der Waals surface area contributed by atoms with Crippen molar-refractivity contribution in [2.24, 2.45) is 0 Å². The van der Waals surface area contributed by atoms with Crippen molar-refractivity contribution in [2.45, 2.75) is 41.5 Å². The van der Waals surface area contributed by atoms with Crippen LogP contribution in [0.25, 0.3) is 64.3 Å². The molecular weight excluding hydrogens is 527 g/mol. The molecule has 0 radical (unpaired) electrons. The molecule has 0 aliphatic rings. The minimum Gasteiger partial charge on any atom is -0.253 e. The highest BCUT2D eigenvalue weighted by molar-refractivity contribution is 7.23. The van der Waals surface area contributed by atoms with E-state index < -0.39 is 0 Å². The molecular formula is C35H29N3S2. The molecule has 0 amide bonds. The highest BCUT2D eigenvalue weighted by atomic mass is 32.1. The van der Waals surface area contributed by atoms with Crippen molar-refractivity contribution in [1.29, 1.82) is 0 Å². The van der Waals surface area contributed by atoms with Gasteiger partial charge in [-0.1, -0.05) is 47.5 Å². The summed E-state index contributed by atoms with van der Waals surface area (Å²) < 4.78 is 2.72. The molecule has 196 valence electrons. The van der Waals surface area contributed by atoms with Crippen molar-refractivity contribution < 1.29 is 0 Å². The normalized spacial score (nSPS) is 11.8. The Morgan fingerprint density at radius 1 is 0.575 bits per heavy atom. The summed E-state index contributed by atoms with van der Waals surface area (Å²) in [5.41, 5.74) is 12.7. The first kappa shape index (κ1) is 25.1. The third-order valence-corrected chi connectivity index (χ3v) is 10.2. The number of thiophene rings is 2. The van der Waals surface area contributed by atoms with Crippen LogP contribution < -0.4 is 0 Å². The van der Waals surface area contributed by atoms with Crippen LogP contribution in [0.2, 0.25) is 0 Å². The lowest BCUT2D eigenvalue weighted by atomic mass is 10.0. The van der Waals surface area contributed by atoms with Crippen LogP contribution in [0.3, 0.4) is 0 Å². The van der Waals surface area contributed by atoms with Crippen molar-refractivity contribution in [1.82, 2.24) is 15.0 Å². The van der Waals surface area contributed by atoms with Gasteiger partial charge in [0.05, 0.1) is 21.8 Å². The van der Waals surface area contributed by atoms with Crippen LogP contribution >= 0.6 is 22.7 Å². The zero-order valence-electron chi connectivity index (χ0n) is 23.5.